The van der Waals surface area contributed by atoms with Crippen LogP contribution in [0.5, 0.6) is 5.75 Å². The molecular formula is C9H11N3O2. The average molecular weight is 193 g/mol. The summed E-state index contributed by atoms with van der Waals surface area (Å²) in [6.07, 6.45) is 1.48. The number of hydrogen-bond donors (Lipinski definition) is 2. The first-order valence-electron chi connectivity index (χ1n) is 3.96. The molecule has 14 heavy (non-hydrogen) atoms. The summed E-state index contributed by atoms with van der Waals surface area (Å²) in [5.74, 6) is 0.186. The minimum Gasteiger partial charge on any atom is -0.508 e. The second-order valence-corrected chi connectivity index (χ2v) is 2.70. The summed E-state index contributed by atoms with van der Waals surface area (Å²) in [5, 5.41) is 13.8. The van der Waals surface area contributed by atoms with E-state index in [1.807, 2.05) is 0 Å². The Bertz CT molecular complexity index is 346. The Kier molecular flexibility index (Phi) is 3.06. The quantitative estimate of drug-likeness (QED) is 0.536. The number of phenolic OH excluding ortho intramolecular Hbond substituents is 1. The first kappa shape index (κ1) is 10.0. The van der Waals surface area contributed by atoms with Gasteiger partial charge >= 0.3 is 6.03 Å². The highest BCUT2D eigenvalue weighted by atomic mass is 16.3. The summed E-state index contributed by atoms with van der Waals surface area (Å²) in [4.78, 5) is 10.6. The zero-order valence-electron chi connectivity index (χ0n) is 7.71. The Morgan fingerprint density at radius 3 is 2.57 bits per heavy atom. The molecule has 74 valence electrons. The number of nitrogens with zero attached hydrogens (tertiary/aromatic N) is 2. The molecule has 0 aliphatic heterocycles. The first-order valence-corrected chi connectivity index (χ1v) is 3.96. The molecule has 3 N–H and O–H groups in total. The van der Waals surface area contributed by atoms with E-state index in [2.05, 4.69) is 5.10 Å². The van der Waals surface area contributed by atoms with Crippen molar-refractivity contribution in [2.24, 2.45) is 10.8 Å². The molecule has 0 aromatic heterocycles. The molecule has 2 amide bonds. The number of rotatable bonds is 2. The van der Waals surface area contributed by atoms with E-state index in [4.69, 9.17) is 10.8 Å². The van der Waals surface area contributed by atoms with Gasteiger partial charge in [0.15, 0.2) is 0 Å². The summed E-state index contributed by atoms with van der Waals surface area (Å²) >= 11 is 0. The van der Waals surface area contributed by atoms with E-state index in [0.717, 1.165) is 10.6 Å². The largest absolute Gasteiger partial charge is 0.508 e. The van der Waals surface area contributed by atoms with Crippen LogP contribution in [-0.4, -0.2) is 29.4 Å². The zero-order chi connectivity index (χ0) is 10.6. The van der Waals surface area contributed by atoms with Crippen molar-refractivity contribution in [1.82, 2.24) is 5.01 Å². The lowest BCUT2D eigenvalue weighted by Gasteiger charge is -2.05. The van der Waals surface area contributed by atoms with Crippen molar-refractivity contribution in [2.45, 2.75) is 0 Å². The van der Waals surface area contributed by atoms with Crippen molar-refractivity contribution in [1.29, 1.82) is 0 Å². The highest BCUT2D eigenvalue weighted by Gasteiger charge is 1.97. The molecule has 0 saturated carbocycles. The van der Waals surface area contributed by atoms with Gasteiger partial charge in [-0.1, -0.05) is 0 Å². The topological polar surface area (TPSA) is 78.9 Å². The molecule has 1 aromatic carbocycles. The summed E-state index contributed by atoms with van der Waals surface area (Å²) in [6, 6.07) is 5.79. The van der Waals surface area contributed by atoms with E-state index >= 15 is 0 Å². The van der Waals surface area contributed by atoms with Crippen LogP contribution in [0.15, 0.2) is 29.4 Å². The average Bonchev–Trinajstić information content (AvgIpc) is 2.16. The van der Waals surface area contributed by atoms with Gasteiger partial charge in [0, 0.05) is 7.05 Å². The molecule has 1 rings (SSSR count). The van der Waals surface area contributed by atoms with Crippen molar-refractivity contribution < 1.29 is 9.90 Å². The summed E-state index contributed by atoms with van der Waals surface area (Å²) in [7, 11) is 1.46. The standard InChI is InChI=1S/C9H11N3O2/c1-12(9(10)14)11-6-7-2-4-8(13)5-3-7/h2-6,13H,1H3,(H2,10,14)/b11-6+. The number of aromatic hydroxyl groups is 1. The molecule has 0 radical (unpaired) electrons. The minimum absolute atomic E-state index is 0.186. The second-order valence-electron chi connectivity index (χ2n) is 2.70. The van der Waals surface area contributed by atoms with Gasteiger partial charge in [0.05, 0.1) is 6.21 Å². The van der Waals surface area contributed by atoms with Gasteiger partial charge in [-0.15, -0.1) is 0 Å². The molecule has 0 fully saturated rings. The fourth-order valence-electron chi connectivity index (χ4n) is 0.771. The third-order valence-corrected chi connectivity index (χ3v) is 1.59. The first-order chi connectivity index (χ1) is 6.59. The molecule has 0 spiro atoms. The van der Waals surface area contributed by atoms with Crippen LogP contribution in [0.3, 0.4) is 0 Å². The number of hydrazone groups is 1. The van der Waals surface area contributed by atoms with Crippen LogP contribution in [0, 0.1) is 0 Å². The number of urea groups is 1. The lowest BCUT2D eigenvalue weighted by Crippen LogP contribution is -2.27. The summed E-state index contributed by atoms with van der Waals surface area (Å²) < 4.78 is 0. The predicted octanol–water partition coefficient (Wildman–Crippen LogP) is 0.737. The number of hydrogen-bond acceptors (Lipinski definition) is 3. The van der Waals surface area contributed by atoms with Crippen LogP contribution >= 0.6 is 0 Å². The van der Waals surface area contributed by atoms with Gasteiger partial charge < -0.3 is 10.8 Å². The fraction of sp³-hybridized carbons (Fsp3) is 0.111. The number of carbonyl (C=O) groups is 1. The van der Waals surface area contributed by atoms with Gasteiger partial charge in [-0.3, -0.25) is 0 Å². The van der Waals surface area contributed by atoms with Crippen LogP contribution in [0.2, 0.25) is 0 Å². The van der Waals surface area contributed by atoms with E-state index in [0.29, 0.717) is 0 Å². The maximum absolute atomic E-state index is 10.6. The number of primary amides is 1. The van der Waals surface area contributed by atoms with Crippen molar-refractivity contribution in [3.05, 3.63) is 29.8 Å². The number of carbonyl (C=O) groups excluding carboxylic acids is 1. The van der Waals surface area contributed by atoms with E-state index in [-0.39, 0.29) is 5.75 Å². The van der Waals surface area contributed by atoms with E-state index in [1.165, 1.54) is 25.4 Å². The Morgan fingerprint density at radius 2 is 2.07 bits per heavy atom. The SMILES string of the molecule is CN(/N=C/c1ccc(O)cc1)C(N)=O. The van der Waals surface area contributed by atoms with E-state index in [1.54, 1.807) is 12.1 Å². The highest BCUT2D eigenvalue weighted by Crippen LogP contribution is 2.07. The minimum atomic E-state index is -0.625. The smallest absolute Gasteiger partial charge is 0.334 e. The highest BCUT2D eigenvalue weighted by molar-refractivity contribution is 5.81. The van der Waals surface area contributed by atoms with Gasteiger partial charge in [-0.05, 0) is 29.8 Å². The number of nitrogens with two attached hydrogens (primary N) is 1. The monoisotopic (exact) mass is 193 g/mol. The lowest BCUT2D eigenvalue weighted by molar-refractivity contribution is 0.220. The van der Waals surface area contributed by atoms with Crippen molar-refractivity contribution in [3.8, 4) is 5.75 Å². The van der Waals surface area contributed by atoms with Crippen LogP contribution in [0.1, 0.15) is 5.56 Å². The van der Waals surface area contributed by atoms with Crippen LogP contribution in [0.25, 0.3) is 0 Å². The lowest BCUT2D eigenvalue weighted by atomic mass is 10.2. The van der Waals surface area contributed by atoms with Gasteiger partial charge in [-0.25, -0.2) is 9.80 Å². The molecule has 0 bridgehead atoms. The Morgan fingerprint density at radius 1 is 1.50 bits per heavy atom. The molecule has 0 heterocycles. The molecule has 5 nitrogen and oxygen atoms in total. The number of amides is 2. The Hall–Kier alpha value is -2.04. The van der Waals surface area contributed by atoms with Gasteiger partial charge in [-0.2, -0.15) is 5.10 Å². The number of benzene rings is 1. The maximum Gasteiger partial charge on any atom is 0.334 e. The summed E-state index contributed by atoms with van der Waals surface area (Å²) in [6.45, 7) is 0. The summed E-state index contributed by atoms with van der Waals surface area (Å²) in [5.41, 5.74) is 5.73. The Labute approximate surface area is 81.4 Å². The molecular weight excluding hydrogens is 182 g/mol. The van der Waals surface area contributed by atoms with Crippen molar-refractivity contribution in [2.75, 3.05) is 7.05 Å². The van der Waals surface area contributed by atoms with Crippen molar-refractivity contribution in [3.63, 3.8) is 0 Å². The molecule has 0 aliphatic carbocycles. The third-order valence-electron chi connectivity index (χ3n) is 1.59. The van der Waals surface area contributed by atoms with Gasteiger partial charge in [0.25, 0.3) is 0 Å². The molecule has 0 aliphatic rings. The molecule has 0 atom stereocenters. The predicted molar refractivity (Wildman–Crippen MR) is 53.0 cm³/mol. The van der Waals surface area contributed by atoms with Crippen molar-refractivity contribution >= 4 is 12.2 Å². The van der Waals surface area contributed by atoms with Gasteiger partial charge in [0.2, 0.25) is 0 Å². The Balaban J connectivity index is 2.69. The van der Waals surface area contributed by atoms with Gasteiger partial charge in [0.1, 0.15) is 5.75 Å². The molecule has 5 heteroatoms. The van der Waals surface area contributed by atoms with E-state index in [9.17, 15) is 4.79 Å². The normalized spacial score (nSPS) is 10.4. The third kappa shape index (κ3) is 2.78. The van der Waals surface area contributed by atoms with E-state index < -0.39 is 6.03 Å². The second kappa shape index (κ2) is 4.27. The number of phenols is 1. The van der Waals surface area contributed by atoms with Crippen LogP contribution < -0.4 is 5.73 Å². The maximum atomic E-state index is 10.6. The molecule has 1 aromatic rings. The molecule has 0 unspecified atom stereocenters. The zero-order valence-corrected chi connectivity index (χ0v) is 7.71. The van der Waals surface area contributed by atoms with Crippen LogP contribution in [0.4, 0.5) is 4.79 Å². The molecule has 0 saturated heterocycles. The van der Waals surface area contributed by atoms with Crippen LogP contribution in [-0.2, 0) is 0 Å². The fourth-order valence-corrected chi connectivity index (χ4v) is 0.771.